The minimum atomic E-state index is -0.225. The number of amides is 1. The Kier molecular flexibility index (Phi) is 7.34. The molecule has 0 bridgehead atoms. The van der Waals surface area contributed by atoms with Crippen molar-refractivity contribution in [1.29, 1.82) is 5.26 Å². The predicted octanol–water partition coefficient (Wildman–Crippen LogP) is 3.99. The van der Waals surface area contributed by atoms with Crippen molar-refractivity contribution >= 4 is 23.5 Å². The van der Waals surface area contributed by atoms with E-state index in [4.69, 9.17) is 4.74 Å². The zero-order chi connectivity index (χ0) is 24.2. The number of tetrazole rings is 1. The molecule has 4 rings (SSSR count). The lowest BCUT2D eigenvalue weighted by Gasteiger charge is -2.16. The monoisotopic (exact) mass is 479 g/mol. The van der Waals surface area contributed by atoms with Crippen molar-refractivity contribution in [2.45, 2.75) is 64.3 Å². The van der Waals surface area contributed by atoms with E-state index < -0.39 is 0 Å². The van der Waals surface area contributed by atoms with Gasteiger partial charge in [0.2, 0.25) is 11.1 Å². The van der Waals surface area contributed by atoms with Gasteiger partial charge in [-0.3, -0.25) is 4.79 Å². The Morgan fingerprint density at radius 2 is 2.09 bits per heavy atom. The van der Waals surface area contributed by atoms with Gasteiger partial charge in [-0.25, -0.2) is 0 Å². The highest BCUT2D eigenvalue weighted by molar-refractivity contribution is 7.99. The summed E-state index contributed by atoms with van der Waals surface area (Å²) in [4.78, 5) is 12.9. The van der Waals surface area contributed by atoms with E-state index in [0.717, 1.165) is 36.4 Å². The normalized spacial score (nSPS) is 15.6. The number of nitrogens with one attached hydrogen (secondary N) is 1. The van der Waals surface area contributed by atoms with E-state index in [-0.39, 0.29) is 17.8 Å². The number of rotatable bonds is 8. The standard InChI is InChI=1S/C24H29N7O2S/c1-15(2)18-7-9-19(10-8-18)31-24(27-28-29-31)34-14-22(32)26-23-21(12-25)16(3)17(4)30(23)13-20-6-5-11-33-20/h7-10,15,20H,5-6,11,13-14H2,1-4H3,(H,26,32). The highest BCUT2D eigenvalue weighted by Gasteiger charge is 2.24. The van der Waals surface area contributed by atoms with Gasteiger partial charge in [0.25, 0.3) is 0 Å². The lowest BCUT2D eigenvalue weighted by Crippen LogP contribution is -2.22. The summed E-state index contributed by atoms with van der Waals surface area (Å²) in [5.41, 5.74) is 4.39. The average Bonchev–Trinajstić information content (AvgIpc) is 3.56. The summed E-state index contributed by atoms with van der Waals surface area (Å²) in [6, 6.07) is 10.3. The number of hydrogen-bond acceptors (Lipinski definition) is 7. The smallest absolute Gasteiger partial charge is 0.235 e. The van der Waals surface area contributed by atoms with Crippen molar-refractivity contribution in [3.05, 3.63) is 46.6 Å². The van der Waals surface area contributed by atoms with Crippen LogP contribution in [-0.2, 0) is 16.1 Å². The fourth-order valence-electron chi connectivity index (χ4n) is 4.08. The number of carbonyl (C=O) groups is 1. The molecule has 1 aliphatic heterocycles. The van der Waals surface area contributed by atoms with Crippen molar-refractivity contribution in [1.82, 2.24) is 24.8 Å². The number of anilines is 1. The fraction of sp³-hybridized carbons (Fsp3) is 0.458. The van der Waals surface area contributed by atoms with E-state index in [9.17, 15) is 10.1 Å². The van der Waals surface area contributed by atoms with Gasteiger partial charge in [-0.2, -0.15) is 9.94 Å². The Balaban J connectivity index is 1.47. The summed E-state index contributed by atoms with van der Waals surface area (Å²) < 4.78 is 9.40. The molecule has 1 aromatic carbocycles. The summed E-state index contributed by atoms with van der Waals surface area (Å²) in [6.07, 6.45) is 2.10. The van der Waals surface area contributed by atoms with Gasteiger partial charge >= 0.3 is 0 Å². The van der Waals surface area contributed by atoms with Crippen molar-refractivity contribution in [3.63, 3.8) is 0 Å². The first-order chi connectivity index (χ1) is 16.4. The minimum absolute atomic E-state index is 0.0915. The summed E-state index contributed by atoms with van der Waals surface area (Å²) in [7, 11) is 0. The molecule has 3 aromatic rings. The van der Waals surface area contributed by atoms with E-state index >= 15 is 0 Å². The fourth-order valence-corrected chi connectivity index (χ4v) is 4.77. The Morgan fingerprint density at radius 3 is 2.74 bits per heavy atom. The number of benzene rings is 1. The van der Waals surface area contributed by atoms with Gasteiger partial charge in [0.1, 0.15) is 11.9 Å². The van der Waals surface area contributed by atoms with E-state index in [0.29, 0.717) is 29.0 Å². The van der Waals surface area contributed by atoms with Crippen LogP contribution in [0.4, 0.5) is 5.82 Å². The van der Waals surface area contributed by atoms with Crippen LogP contribution in [0.2, 0.25) is 0 Å². The Bertz CT molecular complexity index is 1200. The van der Waals surface area contributed by atoms with Crippen LogP contribution < -0.4 is 5.32 Å². The van der Waals surface area contributed by atoms with Crippen LogP contribution >= 0.6 is 11.8 Å². The number of carbonyl (C=O) groups excluding carboxylic acids is 1. The molecule has 34 heavy (non-hydrogen) atoms. The van der Waals surface area contributed by atoms with Gasteiger partial charge in [-0.15, -0.1) is 5.10 Å². The number of nitriles is 1. The lowest BCUT2D eigenvalue weighted by molar-refractivity contribution is -0.113. The third-order valence-corrected chi connectivity index (χ3v) is 7.11. The lowest BCUT2D eigenvalue weighted by atomic mass is 10.0. The maximum Gasteiger partial charge on any atom is 0.235 e. The second kappa shape index (κ2) is 10.4. The summed E-state index contributed by atoms with van der Waals surface area (Å²) in [5, 5.41) is 25.1. The summed E-state index contributed by atoms with van der Waals surface area (Å²) in [6.45, 7) is 9.52. The molecule has 1 saturated heterocycles. The van der Waals surface area contributed by atoms with Crippen LogP contribution in [0.3, 0.4) is 0 Å². The van der Waals surface area contributed by atoms with Gasteiger partial charge < -0.3 is 14.6 Å². The van der Waals surface area contributed by atoms with Crippen LogP contribution in [0.1, 0.15) is 55.0 Å². The number of thioether (sulfide) groups is 1. The third-order valence-electron chi connectivity index (χ3n) is 6.19. The number of ether oxygens (including phenoxy) is 1. The van der Waals surface area contributed by atoms with Crippen molar-refractivity contribution in [3.8, 4) is 11.8 Å². The first-order valence-corrected chi connectivity index (χ1v) is 12.4. The van der Waals surface area contributed by atoms with E-state index in [1.54, 1.807) is 4.68 Å². The summed E-state index contributed by atoms with van der Waals surface area (Å²) in [5.74, 6) is 0.850. The highest BCUT2D eigenvalue weighted by Crippen LogP contribution is 2.29. The maximum atomic E-state index is 12.9. The molecule has 178 valence electrons. The molecule has 0 saturated carbocycles. The van der Waals surface area contributed by atoms with Crippen LogP contribution in [-0.4, -0.2) is 49.1 Å². The first-order valence-electron chi connectivity index (χ1n) is 11.4. The zero-order valence-electron chi connectivity index (χ0n) is 19.9. The SMILES string of the molecule is Cc1c(C#N)c(NC(=O)CSc2nnnn2-c2ccc(C(C)C)cc2)n(CC2CCCO2)c1C. The van der Waals surface area contributed by atoms with Gasteiger partial charge in [0.05, 0.1) is 29.7 Å². The second-order valence-corrected chi connectivity index (χ2v) is 9.69. The molecule has 0 spiro atoms. The average molecular weight is 480 g/mol. The van der Waals surface area contributed by atoms with Crippen LogP contribution in [0.15, 0.2) is 29.4 Å². The third kappa shape index (κ3) is 5.00. The minimum Gasteiger partial charge on any atom is -0.376 e. The zero-order valence-corrected chi connectivity index (χ0v) is 20.7. The highest BCUT2D eigenvalue weighted by atomic mass is 32.2. The quantitative estimate of drug-likeness (QED) is 0.486. The van der Waals surface area contributed by atoms with Crippen molar-refractivity contribution in [2.24, 2.45) is 0 Å². The second-order valence-electron chi connectivity index (χ2n) is 8.75. The Hall–Kier alpha value is -3.16. The van der Waals surface area contributed by atoms with Gasteiger partial charge in [-0.05, 0) is 66.3 Å². The number of hydrogen-bond donors (Lipinski definition) is 1. The maximum absolute atomic E-state index is 12.9. The molecule has 1 atom stereocenters. The van der Waals surface area contributed by atoms with E-state index in [1.807, 2.05) is 30.5 Å². The predicted molar refractivity (Wildman–Crippen MR) is 130 cm³/mol. The summed E-state index contributed by atoms with van der Waals surface area (Å²) >= 11 is 1.25. The van der Waals surface area contributed by atoms with Crippen LogP contribution in [0.25, 0.3) is 5.69 Å². The Morgan fingerprint density at radius 1 is 1.32 bits per heavy atom. The van der Waals surface area contributed by atoms with Gasteiger partial charge in [0.15, 0.2) is 0 Å². The molecule has 0 radical (unpaired) electrons. The van der Waals surface area contributed by atoms with Crippen LogP contribution in [0.5, 0.6) is 0 Å². The largest absolute Gasteiger partial charge is 0.376 e. The van der Waals surface area contributed by atoms with Gasteiger partial charge in [0, 0.05) is 12.3 Å². The first kappa shape index (κ1) is 24.0. The molecule has 1 amide bonds. The number of aromatic nitrogens is 5. The molecule has 10 heteroatoms. The molecule has 3 heterocycles. The van der Waals surface area contributed by atoms with Crippen molar-refractivity contribution in [2.75, 3.05) is 17.7 Å². The molecule has 1 N–H and O–H groups in total. The van der Waals surface area contributed by atoms with E-state index in [1.165, 1.54) is 17.3 Å². The molecule has 9 nitrogen and oxygen atoms in total. The Labute approximate surface area is 203 Å². The molecular weight excluding hydrogens is 450 g/mol. The topological polar surface area (TPSA) is 111 Å². The molecular formula is C24H29N7O2S. The molecule has 0 aliphatic carbocycles. The van der Waals surface area contributed by atoms with Crippen molar-refractivity contribution < 1.29 is 9.53 Å². The molecule has 1 fully saturated rings. The van der Waals surface area contributed by atoms with Gasteiger partial charge in [-0.1, -0.05) is 37.7 Å². The molecule has 1 aliphatic rings. The molecule has 2 aromatic heterocycles. The molecule has 1 unspecified atom stereocenters. The van der Waals surface area contributed by atoms with Crippen LogP contribution in [0, 0.1) is 25.2 Å². The van der Waals surface area contributed by atoms with E-state index in [2.05, 4.69) is 52.9 Å². The number of nitrogens with zero attached hydrogens (tertiary/aromatic N) is 6.